The average Bonchev–Trinajstić information content (AvgIpc) is 2.66. The molecule has 0 unspecified atom stereocenters. The summed E-state index contributed by atoms with van der Waals surface area (Å²) in [5.41, 5.74) is 5.29. The Labute approximate surface area is 158 Å². The molecule has 0 saturated carbocycles. The lowest BCUT2D eigenvalue weighted by Gasteiger charge is -2.15. The Balaban J connectivity index is 2.17. The normalized spacial score (nSPS) is 10.6. The fourth-order valence-corrected chi connectivity index (χ4v) is 2.70. The van der Waals surface area contributed by atoms with E-state index in [1.807, 2.05) is 0 Å². The lowest BCUT2D eigenvalue weighted by atomic mass is 10.1. The van der Waals surface area contributed by atoms with Crippen molar-refractivity contribution in [2.24, 2.45) is 5.73 Å². The van der Waals surface area contributed by atoms with E-state index in [-0.39, 0.29) is 11.3 Å². The molecule has 0 spiro atoms. The van der Waals surface area contributed by atoms with Crippen LogP contribution in [-0.2, 0) is 0 Å². The van der Waals surface area contributed by atoms with Crippen LogP contribution in [-0.4, -0.2) is 31.0 Å². The molecule has 7 nitrogen and oxygen atoms in total. The lowest BCUT2D eigenvalue weighted by Crippen LogP contribution is -2.20. The maximum absolute atomic E-state index is 14.0. The van der Waals surface area contributed by atoms with E-state index in [9.17, 15) is 18.4 Å². The van der Waals surface area contributed by atoms with E-state index >= 15 is 0 Å². The van der Waals surface area contributed by atoms with Gasteiger partial charge in [0.05, 0.1) is 36.6 Å². The molecule has 9 heteroatoms. The Kier molecular flexibility index (Phi) is 5.08. The van der Waals surface area contributed by atoms with Crippen molar-refractivity contribution in [2.45, 2.75) is 0 Å². The van der Waals surface area contributed by atoms with Crippen molar-refractivity contribution >= 4 is 28.4 Å². The fourth-order valence-electron chi connectivity index (χ4n) is 2.70. The standard InChI is InChI=1S/C19H15F2N3O4/c1-27-15-6-11-14(7-16(15)28-2)23-8-12(18(22)25)17(11)24-19(26)10-4-3-9(20)5-13(10)21/h3-8H,1-2H3,(H2,22,25)(H,23,24,26). The number of anilines is 1. The van der Waals surface area contributed by atoms with Gasteiger partial charge in [0.15, 0.2) is 11.5 Å². The first-order valence-corrected chi connectivity index (χ1v) is 7.96. The number of methoxy groups -OCH3 is 2. The van der Waals surface area contributed by atoms with Crippen LogP contribution in [0.25, 0.3) is 10.9 Å². The summed E-state index contributed by atoms with van der Waals surface area (Å²) in [6.07, 6.45) is 1.19. The minimum absolute atomic E-state index is 0.0205. The third-order valence-electron chi connectivity index (χ3n) is 4.05. The van der Waals surface area contributed by atoms with Gasteiger partial charge in [-0.1, -0.05) is 0 Å². The number of pyridine rings is 1. The summed E-state index contributed by atoms with van der Waals surface area (Å²) in [5.74, 6) is -2.90. The smallest absolute Gasteiger partial charge is 0.258 e. The predicted octanol–water partition coefficient (Wildman–Crippen LogP) is 2.88. The van der Waals surface area contributed by atoms with Crippen molar-refractivity contribution in [3.8, 4) is 11.5 Å². The van der Waals surface area contributed by atoms with Crippen LogP contribution in [0.15, 0.2) is 36.5 Å². The molecule has 1 aromatic heterocycles. The van der Waals surface area contributed by atoms with Crippen LogP contribution in [0.4, 0.5) is 14.5 Å². The third kappa shape index (κ3) is 3.41. The second kappa shape index (κ2) is 7.47. The second-order valence-corrected chi connectivity index (χ2v) is 5.71. The van der Waals surface area contributed by atoms with E-state index in [4.69, 9.17) is 15.2 Å². The number of fused-ring (bicyclic) bond motifs is 1. The molecule has 3 rings (SSSR count). The highest BCUT2D eigenvalue weighted by molar-refractivity contribution is 6.14. The van der Waals surface area contributed by atoms with Gasteiger partial charge < -0.3 is 20.5 Å². The number of rotatable bonds is 5. The van der Waals surface area contributed by atoms with Crippen molar-refractivity contribution in [3.63, 3.8) is 0 Å². The quantitative estimate of drug-likeness (QED) is 0.701. The van der Waals surface area contributed by atoms with Gasteiger partial charge in [-0.3, -0.25) is 14.6 Å². The van der Waals surface area contributed by atoms with Gasteiger partial charge in [-0.05, 0) is 18.2 Å². The molecule has 28 heavy (non-hydrogen) atoms. The van der Waals surface area contributed by atoms with E-state index in [0.29, 0.717) is 28.5 Å². The SMILES string of the molecule is COc1cc2ncc(C(N)=O)c(NC(=O)c3ccc(F)cc3F)c2cc1OC. The van der Waals surface area contributed by atoms with Gasteiger partial charge >= 0.3 is 0 Å². The molecular weight excluding hydrogens is 372 g/mol. The van der Waals surface area contributed by atoms with E-state index < -0.39 is 29.0 Å². The first kappa shape index (κ1) is 19.0. The Morgan fingerprint density at radius 2 is 1.71 bits per heavy atom. The molecule has 3 aromatic rings. The van der Waals surface area contributed by atoms with Crippen LogP contribution in [0, 0.1) is 11.6 Å². The van der Waals surface area contributed by atoms with Crippen molar-refractivity contribution in [1.29, 1.82) is 0 Å². The Morgan fingerprint density at radius 3 is 2.32 bits per heavy atom. The highest BCUT2D eigenvalue weighted by Gasteiger charge is 2.20. The molecule has 0 atom stereocenters. The molecule has 3 N–H and O–H groups in total. The molecule has 144 valence electrons. The summed E-state index contributed by atoms with van der Waals surface area (Å²) in [7, 11) is 2.86. The molecule has 2 aromatic carbocycles. The minimum atomic E-state index is -1.05. The molecule has 2 amide bonds. The average molecular weight is 387 g/mol. The zero-order valence-corrected chi connectivity index (χ0v) is 14.9. The molecule has 0 fully saturated rings. The molecule has 1 heterocycles. The number of nitrogens with two attached hydrogens (primary N) is 1. The van der Waals surface area contributed by atoms with Crippen molar-refractivity contribution in [1.82, 2.24) is 4.98 Å². The predicted molar refractivity (Wildman–Crippen MR) is 97.7 cm³/mol. The zero-order valence-electron chi connectivity index (χ0n) is 14.9. The van der Waals surface area contributed by atoms with E-state index in [2.05, 4.69) is 10.3 Å². The Hall–Kier alpha value is -3.75. The van der Waals surface area contributed by atoms with Gasteiger partial charge in [0, 0.05) is 23.7 Å². The Morgan fingerprint density at radius 1 is 1.04 bits per heavy atom. The van der Waals surface area contributed by atoms with Gasteiger partial charge in [0.25, 0.3) is 11.8 Å². The number of nitrogens with one attached hydrogen (secondary N) is 1. The molecule has 0 bridgehead atoms. The summed E-state index contributed by atoms with van der Waals surface area (Å²) < 4.78 is 37.5. The Bertz CT molecular complexity index is 1100. The number of amides is 2. The number of primary amides is 1. The van der Waals surface area contributed by atoms with Crippen LogP contribution < -0.4 is 20.5 Å². The van der Waals surface area contributed by atoms with Crippen LogP contribution >= 0.6 is 0 Å². The molecule has 0 aliphatic rings. The van der Waals surface area contributed by atoms with E-state index in [1.54, 1.807) is 6.07 Å². The maximum atomic E-state index is 14.0. The summed E-state index contributed by atoms with van der Waals surface area (Å²) in [5, 5.41) is 2.79. The topological polar surface area (TPSA) is 104 Å². The zero-order chi connectivity index (χ0) is 20.4. The summed E-state index contributed by atoms with van der Waals surface area (Å²) in [6, 6.07) is 5.59. The van der Waals surface area contributed by atoms with Gasteiger partial charge in [-0.2, -0.15) is 0 Å². The number of carbonyl (C=O) groups is 2. The number of benzene rings is 2. The highest BCUT2D eigenvalue weighted by atomic mass is 19.1. The number of hydrogen-bond donors (Lipinski definition) is 2. The second-order valence-electron chi connectivity index (χ2n) is 5.71. The minimum Gasteiger partial charge on any atom is -0.493 e. The largest absolute Gasteiger partial charge is 0.493 e. The number of ether oxygens (including phenoxy) is 2. The number of carbonyl (C=O) groups excluding carboxylic acids is 2. The van der Waals surface area contributed by atoms with Crippen LogP contribution in [0.5, 0.6) is 11.5 Å². The van der Waals surface area contributed by atoms with Crippen LogP contribution in [0.3, 0.4) is 0 Å². The van der Waals surface area contributed by atoms with Crippen LogP contribution in [0.2, 0.25) is 0 Å². The van der Waals surface area contributed by atoms with Crippen molar-refractivity contribution in [3.05, 3.63) is 59.3 Å². The number of aromatic nitrogens is 1. The monoisotopic (exact) mass is 387 g/mol. The number of hydrogen-bond acceptors (Lipinski definition) is 5. The van der Waals surface area contributed by atoms with Gasteiger partial charge in [0.1, 0.15) is 11.6 Å². The van der Waals surface area contributed by atoms with Crippen LogP contribution in [0.1, 0.15) is 20.7 Å². The van der Waals surface area contributed by atoms with Gasteiger partial charge in [0.2, 0.25) is 0 Å². The molecule has 0 aliphatic heterocycles. The van der Waals surface area contributed by atoms with Crippen molar-refractivity contribution in [2.75, 3.05) is 19.5 Å². The number of nitrogens with zero attached hydrogens (tertiary/aromatic N) is 1. The first-order chi connectivity index (χ1) is 13.3. The first-order valence-electron chi connectivity index (χ1n) is 7.96. The fraction of sp³-hybridized carbons (Fsp3) is 0.105. The van der Waals surface area contributed by atoms with E-state index in [0.717, 1.165) is 12.1 Å². The summed E-state index contributed by atoms with van der Waals surface area (Å²) in [6.45, 7) is 0. The highest BCUT2D eigenvalue weighted by Crippen LogP contribution is 2.36. The van der Waals surface area contributed by atoms with Crippen molar-refractivity contribution < 1.29 is 27.8 Å². The summed E-state index contributed by atoms with van der Waals surface area (Å²) >= 11 is 0. The molecule has 0 aliphatic carbocycles. The van der Waals surface area contributed by atoms with Gasteiger partial charge in [-0.25, -0.2) is 8.78 Å². The molecule has 0 radical (unpaired) electrons. The lowest BCUT2D eigenvalue weighted by molar-refractivity contribution is 0.100. The maximum Gasteiger partial charge on any atom is 0.258 e. The molecule has 0 saturated heterocycles. The molecular formula is C19H15F2N3O4. The summed E-state index contributed by atoms with van der Waals surface area (Å²) in [4.78, 5) is 28.5. The third-order valence-corrected chi connectivity index (χ3v) is 4.05. The number of halogens is 2. The van der Waals surface area contributed by atoms with Gasteiger partial charge in [-0.15, -0.1) is 0 Å². The van der Waals surface area contributed by atoms with E-state index in [1.165, 1.54) is 26.5 Å².